The molecule has 1 N–H and O–H groups in total. The van der Waals surface area contributed by atoms with Crippen LogP contribution in [0, 0.1) is 0 Å². The van der Waals surface area contributed by atoms with Gasteiger partial charge >= 0.3 is 23.9 Å². The Bertz CT molecular complexity index is 531. The van der Waals surface area contributed by atoms with E-state index in [0.717, 1.165) is 27.2 Å². The zero-order valence-corrected chi connectivity index (χ0v) is 15.1. The van der Waals surface area contributed by atoms with E-state index >= 15 is 0 Å². The van der Waals surface area contributed by atoms with Gasteiger partial charge in [0, 0.05) is 27.4 Å². The van der Waals surface area contributed by atoms with Crippen LogP contribution < -0.4 is 0 Å². The Morgan fingerprint density at radius 3 is 1.85 bits per heavy atom. The first kappa shape index (κ1) is 21.8. The number of carbonyl (C=O) groups excluding carboxylic acids is 3. The minimum Gasteiger partial charge on any atom is -0.479 e. The number of unbranched alkanes of at least 4 members (excludes halogenated alkanes) is 1. The fourth-order valence-electron chi connectivity index (χ4n) is 2.45. The van der Waals surface area contributed by atoms with E-state index in [4.69, 9.17) is 23.7 Å². The van der Waals surface area contributed by atoms with Crippen molar-refractivity contribution in [2.24, 2.45) is 0 Å². The molecule has 0 radical (unpaired) electrons. The van der Waals surface area contributed by atoms with E-state index in [2.05, 4.69) is 0 Å². The lowest BCUT2D eigenvalue weighted by atomic mass is 9.97. The van der Waals surface area contributed by atoms with Gasteiger partial charge in [-0.3, -0.25) is 14.4 Å². The highest BCUT2D eigenvalue weighted by Gasteiger charge is 2.54. The van der Waals surface area contributed by atoms with E-state index in [1.165, 1.54) is 0 Å². The summed E-state index contributed by atoms with van der Waals surface area (Å²) in [4.78, 5) is 45.9. The predicted octanol–water partition coefficient (Wildman–Crippen LogP) is 0.408. The third kappa shape index (κ3) is 6.26. The Balaban J connectivity index is 3.22. The molecule has 1 aliphatic rings. The summed E-state index contributed by atoms with van der Waals surface area (Å²) in [6, 6.07) is 0. The van der Waals surface area contributed by atoms with Crippen LogP contribution in [0.3, 0.4) is 0 Å². The van der Waals surface area contributed by atoms with Crippen molar-refractivity contribution >= 4 is 23.9 Å². The van der Waals surface area contributed by atoms with Gasteiger partial charge in [-0.1, -0.05) is 13.3 Å². The molecule has 10 heteroatoms. The molecule has 1 fully saturated rings. The summed E-state index contributed by atoms with van der Waals surface area (Å²) in [5.74, 6) is -3.76. The highest BCUT2D eigenvalue weighted by atomic mass is 16.7. The van der Waals surface area contributed by atoms with Crippen molar-refractivity contribution < 1.29 is 48.0 Å². The first-order valence-electron chi connectivity index (χ1n) is 8.18. The van der Waals surface area contributed by atoms with E-state index < -0.39 is 54.6 Å². The van der Waals surface area contributed by atoms with Gasteiger partial charge in [0.05, 0.1) is 0 Å². The van der Waals surface area contributed by atoms with E-state index in [-0.39, 0.29) is 6.61 Å². The van der Waals surface area contributed by atoms with E-state index in [1.807, 2.05) is 6.92 Å². The number of rotatable bonds is 8. The van der Waals surface area contributed by atoms with Crippen LogP contribution in [0.15, 0.2) is 0 Å². The Labute approximate surface area is 150 Å². The van der Waals surface area contributed by atoms with Gasteiger partial charge in [0.15, 0.2) is 30.7 Å². The first-order valence-corrected chi connectivity index (χ1v) is 8.18. The van der Waals surface area contributed by atoms with Crippen molar-refractivity contribution in [2.45, 2.75) is 71.2 Å². The fraction of sp³-hybridized carbons (Fsp3) is 0.750. The summed E-state index contributed by atoms with van der Waals surface area (Å²) in [5, 5.41) is 9.41. The summed E-state index contributed by atoms with van der Waals surface area (Å²) in [6.45, 7) is 5.41. The molecule has 148 valence electrons. The topological polar surface area (TPSA) is 135 Å². The summed E-state index contributed by atoms with van der Waals surface area (Å²) in [5.41, 5.74) is 0. The molecule has 0 aromatic carbocycles. The van der Waals surface area contributed by atoms with Gasteiger partial charge in [-0.2, -0.15) is 0 Å². The summed E-state index contributed by atoms with van der Waals surface area (Å²) >= 11 is 0. The molecule has 5 atom stereocenters. The summed E-state index contributed by atoms with van der Waals surface area (Å²) < 4.78 is 26.1. The molecular formula is C16H24O10. The minimum atomic E-state index is -1.67. The molecule has 0 saturated carbocycles. The van der Waals surface area contributed by atoms with E-state index in [9.17, 15) is 24.3 Å². The molecule has 5 unspecified atom stereocenters. The molecule has 1 rings (SSSR count). The molecule has 1 heterocycles. The fourth-order valence-corrected chi connectivity index (χ4v) is 2.45. The van der Waals surface area contributed by atoms with Gasteiger partial charge in [-0.15, -0.1) is 0 Å². The smallest absolute Gasteiger partial charge is 0.337 e. The van der Waals surface area contributed by atoms with Crippen molar-refractivity contribution in [2.75, 3.05) is 6.61 Å². The van der Waals surface area contributed by atoms with Crippen molar-refractivity contribution in [1.82, 2.24) is 0 Å². The second-order valence-corrected chi connectivity index (χ2v) is 5.71. The average molecular weight is 376 g/mol. The molecule has 0 aromatic heterocycles. The average Bonchev–Trinajstić information content (AvgIpc) is 2.50. The lowest BCUT2D eigenvalue weighted by Gasteiger charge is -2.42. The van der Waals surface area contributed by atoms with Crippen LogP contribution in [0.2, 0.25) is 0 Å². The molecule has 1 saturated heterocycles. The normalized spacial score (nSPS) is 28.1. The molecule has 0 spiro atoms. The number of carboxylic acid groups (broad SMARTS) is 1. The molecular weight excluding hydrogens is 352 g/mol. The Morgan fingerprint density at radius 1 is 0.885 bits per heavy atom. The third-order valence-corrected chi connectivity index (χ3v) is 3.42. The van der Waals surface area contributed by atoms with E-state index in [0.29, 0.717) is 6.42 Å². The van der Waals surface area contributed by atoms with Crippen LogP contribution in [-0.4, -0.2) is 66.3 Å². The number of hydrogen-bond donors (Lipinski definition) is 1. The van der Waals surface area contributed by atoms with Crippen molar-refractivity contribution in [3.8, 4) is 0 Å². The maximum atomic E-state index is 11.6. The third-order valence-electron chi connectivity index (χ3n) is 3.42. The summed E-state index contributed by atoms with van der Waals surface area (Å²) in [7, 11) is 0. The van der Waals surface area contributed by atoms with E-state index in [1.54, 1.807) is 0 Å². The molecule has 1 aliphatic heterocycles. The highest BCUT2D eigenvalue weighted by molar-refractivity contribution is 5.75. The number of hydrogen-bond acceptors (Lipinski definition) is 9. The second kappa shape index (κ2) is 10.1. The Kier molecular flexibility index (Phi) is 8.46. The van der Waals surface area contributed by atoms with Gasteiger partial charge in [0.1, 0.15) is 0 Å². The van der Waals surface area contributed by atoms with Gasteiger partial charge < -0.3 is 28.8 Å². The Morgan fingerprint density at radius 2 is 1.38 bits per heavy atom. The van der Waals surface area contributed by atoms with Gasteiger partial charge in [0.25, 0.3) is 0 Å². The van der Waals surface area contributed by atoms with Gasteiger partial charge in [-0.25, -0.2) is 4.79 Å². The first-order chi connectivity index (χ1) is 12.2. The number of esters is 3. The molecule has 0 bridgehead atoms. The quantitative estimate of drug-likeness (QED) is 0.360. The van der Waals surface area contributed by atoms with Crippen molar-refractivity contribution in [1.29, 1.82) is 0 Å². The largest absolute Gasteiger partial charge is 0.479 e. The Hall–Kier alpha value is -2.20. The lowest BCUT2D eigenvalue weighted by Crippen LogP contribution is -2.63. The van der Waals surface area contributed by atoms with Crippen molar-refractivity contribution in [3.63, 3.8) is 0 Å². The van der Waals surface area contributed by atoms with Crippen molar-refractivity contribution in [3.05, 3.63) is 0 Å². The predicted molar refractivity (Wildman–Crippen MR) is 83.8 cm³/mol. The number of carboxylic acids is 1. The summed E-state index contributed by atoms with van der Waals surface area (Å²) in [6.07, 6.45) is -5.73. The number of ether oxygens (including phenoxy) is 5. The van der Waals surface area contributed by atoms with Crippen LogP contribution in [0.4, 0.5) is 0 Å². The zero-order valence-electron chi connectivity index (χ0n) is 15.1. The lowest BCUT2D eigenvalue weighted by molar-refractivity contribution is -0.301. The number of aliphatic carboxylic acids is 1. The second-order valence-electron chi connectivity index (χ2n) is 5.71. The van der Waals surface area contributed by atoms with Crippen LogP contribution in [-0.2, 0) is 42.9 Å². The van der Waals surface area contributed by atoms with Gasteiger partial charge in [0.2, 0.25) is 0 Å². The molecule has 0 aromatic rings. The molecule has 26 heavy (non-hydrogen) atoms. The SMILES string of the molecule is CCCCOC1OC(C(=O)O)C(OC(C)=O)C(OC(C)=O)C1OC(C)=O. The monoisotopic (exact) mass is 376 g/mol. The van der Waals surface area contributed by atoms with Crippen LogP contribution in [0.5, 0.6) is 0 Å². The molecule has 0 aliphatic carbocycles. The van der Waals surface area contributed by atoms with Gasteiger partial charge in [-0.05, 0) is 6.42 Å². The minimum absolute atomic E-state index is 0.205. The van der Waals surface area contributed by atoms with Crippen LogP contribution >= 0.6 is 0 Å². The number of carbonyl (C=O) groups is 4. The highest BCUT2D eigenvalue weighted by Crippen LogP contribution is 2.29. The molecule has 0 amide bonds. The molecule has 10 nitrogen and oxygen atoms in total. The maximum absolute atomic E-state index is 11.6. The van der Waals surface area contributed by atoms with Crippen LogP contribution in [0.1, 0.15) is 40.5 Å². The van der Waals surface area contributed by atoms with Crippen LogP contribution in [0.25, 0.3) is 0 Å². The maximum Gasteiger partial charge on any atom is 0.337 e. The zero-order chi connectivity index (χ0) is 19.9. The standard InChI is InChI=1S/C16H24O10/c1-5-6-7-22-16-14(25-10(4)19)12(24-9(3)18)11(23-8(2)17)13(26-16)15(20)21/h11-14,16H,5-7H2,1-4H3,(H,20,21).